The van der Waals surface area contributed by atoms with Crippen LogP contribution in [0.1, 0.15) is 42.7 Å². The number of nitrogens with two attached hydrogens (primary N) is 1. The maximum atomic E-state index is 14.1. The van der Waals surface area contributed by atoms with E-state index in [1.165, 1.54) is 48.5 Å². The van der Waals surface area contributed by atoms with Crippen LogP contribution in [0.3, 0.4) is 0 Å². The zero-order chi connectivity index (χ0) is 31.2. The van der Waals surface area contributed by atoms with E-state index in [4.69, 9.17) is 10.5 Å². The average molecular weight is 635 g/mol. The molecule has 1 heterocycles. The van der Waals surface area contributed by atoms with Crippen molar-refractivity contribution in [2.24, 2.45) is 11.7 Å². The Bertz CT molecular complexity index is 1600. The van der Waals surface area contributed by atoms with Crippen molar-refractivity contribution in [3.05, 3.63) is 89.5 Å². The number of sulfone groups is 2. The molecule has 1 saturated heterocycles. The van der Waals surface area contributed by atoms with Gasteiger partial charge in [-0.2, -0.15) is 0 Å². The first kappa shape index (κ1) is 32.6. The van der Waals surface area contributed by atoms with E-state index in [-0.39, 0.29) is 34.0 Å². The second kappa shape index (κ2) is 14.0. The SMILES string of the molecule is CS(=O)(=O)c1ccc([C@@H](CCN2CCC(CCS(=O)(=O)c3ccc(OCC(N)=O)cc3)CC2)c2cc(F)cc(F)c2)cc1. The lowest BCUT2D eigenvalue weighted by atomic mass is 9.87. The van der Waals surface area contributed by atoms with Crippen LogP contribution in [0.5, 0.6) is 5.75 Å². The fourth-order valence-electron chi connectivity index (χ4n) is 5.40. The Labute approximate surface area is 251 Å². The third-order valence-electron chi connectivity index (χ3n) is 7.80. The molecule has 232 valence electrons. The highest BCUT2D eigenvalue weighted by atomic mass is 32.2. The molecular formula is C31H36F2N2O6S2. The molecule has 43 heavy (non-hydrogen) atoms. The fraction of sp³-hybridized carbons (Fsp3) is 0.387. The number of ether oxygens (including phenoxy) is 1. The molecule has 1 atom stereocenters. The average Bonchev–Trinajstić information content (AvgIpc) is 2.95. The number of likely N-dealkylation sites (tertiary alicyclic amines) is 1. The Morgan fingerprint density at radius 1 is 0.907 bits per heavy atom. The van der Waals surface area contributed by atoms with Crippen LogP contribution in [-0.2, 0) is 24.5 Å². The molecule has 12 heteroatoms. The molecular weight excluding hydrogens is 598 g/mol. The summed E-state index contributed by atoms with van der Waals surface area (Å²) in [6.07, 6.45) is 3.89. The Balaban J connectivity index is 1.33. The van der Waals surface area contributed by atoms with Gasteiger partial charge in [-0.25, -0.2) is 25.6 Å². The van der Waals surface area contributed by atoms with E-state index in [1.807, 2.05) is 0 Å². The van der Waals surface area contributed by atoms with Gasteiger partial charge >= 0.3 is 0 Å². The first-order valence-electron chi connectivity index (χ1n) is 14.0. The summed E-state index contributed by atoms with van der Waals surface area (Å²) >= 11 is 0. The fourth-order valence-corrected chi connectivity index (χ4v) is 7.46. The topological polar surface area (TPSA) is 124 Å². The maximum absolute atomic E-state index is 14.1. The molecule has 1 amide bonds. The second-order valence-corrected chi connectivity index (χ2v) is 15.1. The van der Waals surface area contributed by atoms with E-state index in [0.29, 0.717) is 30.7 Å². The third kappa shape index (κ3) is 9.32. The predicted octanol–water partition coefficient (Wildman–Crippen LogP) is 4.33. The highest BCUT2D eigenvalue weighted by molar-refractivity contribution is 7.91. The molecule has 1 aliphatic rings. The van der Waals surface area contributed by atoms with Gasteiger partial charge in [-0.1, -0.05) is 12.1 Å². The largest absolute Gasteiger partial charge is 0.484 e. The van der Waals surface area contributed by atoms with Gasteiger partial charge in [0.15, 0.2) is 26.3 Å². The number of carbonyl (C=O) groups is 1. The summed E-state index contributed by atoms with van der Waals surface area (Å²) in [4.78, 5) is 13.5. The van der Waals surface area contributed by atoms with Crippen molar-refractivity contribution in [1.82, 2.24) is 4.90 Å². The van der Waals surface area contributed by atoms with Gasteiger partial charge in [0.25, 0.3) is 5.91 Å². The Kier molecular flexibility index (Phi) is 10.6. The quantitative estimate of drug-likeness (QED) is 0.297. The number of hydrogen-bond acceptors (Lipinski definition) is 7. The number of carbonyl (C=O) groups excluding carboxylic acids is 1. The van der Waals surface area contributed by atoms with Gasteiger partial charge in [0.2, 0.25) is 0 Å². The predicted molar refractivity (Wildman–Crippen MR) is 159 cm³/mol. The Hall–Kier alpha value is -3.35. The van der Waals surface area contributed by atoms with Gasteiger partial charge < -0.3 is 15.4 Å². The van der Waals surface area contributed by atoms with Crippen molar-refractivity contribution < 1.29 is 35.1 Å². The van der Waals surface area contributed by atoms with Crippen molar-refractivity contribution in [2.75, 3.05) is 38.2 Å². The molecule has 2 N–H and O–H groups in total. The van der Waals surface area contributed by atoms with Crippen LogP contribution in [0.2, 0.25) is 0 Å². The van der Waals surface area contributed by atoms with Crippen molar-refractivity contribution >= 4 is 25.6 Å². The number of benzene rings is 3. The number of halogens is 2. The maximum Gasteiger partial charge on any atom is 0.255 e. The summed E-state index contributed by atoms with van der Waals surface area (Å²) in [6.45, 7) is 1.92. The number of primary amides is 1. The lowest BCUT2D eigenvalue weighted by Gasteiger charge is -2.33. The first-order chi connectivity index (χ1) is 20.3. The van der Waals surface area contributed by atoms with Gasteiger partial charge in [-0.3, -0.25) is 4.79 Å². The van der Waals surface area contributed by atoms with Crippen LogP contribution >= 0.6 is 0 Å². The molecule has 8 nitrogen and oxygen atoms in total. The molecule has 0 saturated carbocycles. The van der Waals surface area contributed by atoms with E-state index >= 15 is 0 Å². The Morgan fingerprint density at radius 2 is 1.49 bits per heavy atom. The number of nitrogens with zero attached hydrogens (tertiary/aromatic N) is 1. The van der Waals surface area contributed by atoms with E-state index in [0.717, 1.165) is 43.8 Å². The minimum Gasteiger partial charge on any atom is -0.484 e. The van der Waals surface area contributed by atoms with Crippen LogP contribution in [0.25, 0.3) is 0 Å². The smallest absolute Gasteiger partial charge is 0.255 e. The molecule has 0 unspecified atom stereocenters. The zero-order valence-electron chi connectivity index (χ0n) is 23.9. The second-order valence-electron chi connectivity index (χ2n) is 11.0. The van der Waals surface area contributed by atoms with Crippen molar-refractivity contribution in [3.63, 3.8) is 0 Å². The van der Waals surface area contributed by atoms with Crippen LogP contribution in [-0.4, -0.2) is 65.9 Å². The Morgan fingerprint density at radius 3 is 2.05 bits per heavy atom. The molecule has 0 spiro atoms. The summed E-state index contributed by atoms with van der Waals surface area (Å²) in [5, 5.41) is 0. The highest BCUT2D eigenvalue weighted by Crippen LogP contribution is 2.32. The van der Waals surface area contributed by atoms with Crippen LogP contribution in [0, 0.1) is 17.6 Å². The summed E-state index contributed by atoms with van der Waals surface area (Å²) < 4.78 is 83.0. The summed E-state index contributed by atoms with van der Waals surface area (Å²) in [6, 6.07) is 15.8. The van der Waals surface area contributed by atoms with Crippen LogP contribution in [0.15, 0.2) is 76.5 Å². The molecule has 3 aromatic carbocycles. The number of hydrogen-bond donors (Lipinski definition) is 1. The lowest BCUT2D eigenvalue weighted by Crippen LogP contribution is -2.35. The molecule has 1 fully saturated rings. The van der Waals surface area contributed by atoms with E-state index < -0.39 is 37.2 Å². The number of piperidine rings is 1. The lowest BCUT2D eigenvalue weighted by molar-refractivity contribution is -0.119. The van der Waals surface area contributed by atoms with Gasteiger partial charge in [0.1, 0.15) is 17.4 Å². The van der Waals surface area contributed by atoms with E-state index in [2.05, 4.69) is 4.90 Å². The molecule has 0 aliphatic carbocycles. The van der Waals surface area contributed by atoms with Crippen molar-refractivity contribution in [2.45, 2.75) is 41.4 Å². The summed E-state index contributed by atoms with van der Waals surface area (Å²) in [5.41, 5.74) is 6.31. The summed E-state index contributed by atoms with van der Waals surface area (Å²) in [7, 11) is -6.86. The third-order valence-corrected chi connectivity index (χ3v) is 10.7. The van der Waals surface area contributed by atoms with Gasteiger partial charge in [0.05, 0.1) is 15.5 Å². The first-order valence-corrected chi connectivity index (χ1v) is 17.6. The summed E-state index contributed by atoms with van der Waals surface area (Å²) in [5.74, 6) is -1.66. The normalized spacial score (nSPS) is 15.7. The van der Waals surface area contributed by atoms with Crippen molar-refractivity contribution in [3.8, 4) is 5.75 Å². The van der Waals surface area contributed by atoms with Crippen LogP contribution < -0.4 is 10.5 Å². The van der Waals surface area contributed by atoms with E-state index in [1.54, 1.807) is 12.1 Å². The standard InChI is InChI=1S/C31H36F2N2O6S2/c1-42(37,38)28-6-2-23(3-7-28)30(24-18-25(32)20-26(33)19-24)12-16-35-14-10-22(11-15-35)13-17-43(39,40)29-8-4-27(5-9-29)41-21-31(34)36/h2-9,18-20,22,30H,10-17,21H2,1H3,(H2,34,36)/t30-/m1/s1. The zero-order valence-corrected chi connectivity index (χ0v) is 25.5. The molecule has 3 aromatic rings. The number of amides is 1. The molecule has 0 radical (unpaired) electrons. The highest BCUT2D eigenvalue weighted by Gasteiger charge is 2.24. The van der Waals surface area contributed by atoms with Gasteiger partial charge in [-0.05, 0) is 111 Å². The van der Waals surface area contributed by atoms with Gasteiger partial charge in [-0.15, -0.1) is 0 Å². The van der Waals surface area contributed by atoms with Gasteiger partial charge in [0, 0.05) is 18.2 Å². The minimum atomic E-state index is -3.48. The number of rotatable bonds is 13. The van der Waals surface area contributed by atoms with Crippen molar-refractivity contribution in [1.29, 1.82) is 0 Å². The molecule has 1 aliphatic heterocycles. The monoisotopic (exact) mass is 634 g/mol. The van der Waals surface area contributed by atoms with Crippen LogP contribution in [0.4, 0.5) is 8.78 Å². The van der Waals surface area contributed by atoms with E-state index in [9.17, 15) is 30.4 Å². The molecule has 0 bridgehead atoms. The molecule has 0 aromatic heterocycles. The minimum absolute atomic E-state index is 0.0237. The molecule has 4 rings (SSSR count).